The number of hydrogen-bond acceptors (Lipinski definition) is 2. The smallest absolute Gasteiger partial charge is 0.00339 e. The van der Waals surface area contributed by atoms with Gasteiger partial charge in [-0.25, -0.2) is 0 Å². The van der Waals surface area contributed by atoms with E-state index in [1.807, 2.05) is 0 Å². The van der Waals surface area contributed by atoms with Crippen molar-refractivity contribution < 1.29 is 0 Å². The van der Waals surface area contributed by atoms with Crippen molar-refractivity contribution in [2.45, 2.75) is 27.2 Å². The van der Waals surface area contributed by atoms with Crippen LogP contribution in [0.25, 0.3) is 0 Å². The Morgan fingerprint density at radius 1 is 1.18 bits per heavy atom. The molecule has 0 fully saturated rings. The van der Waals surface area contributed by atoms with Crippen LogP contribution < -0.4 is 0 Å². The van der Waals surface area contributed by atoms with Crippen LogP contribution in [0, 0.1) is 11.8 Å². The van der Waals surface area contributed by atoms with Gasteiger partial charge in [0.15, 0.2) is 0 Å². The zero-order chi connectivity index (χ0) is 8.69. The Kier molecular flexibility index (Phi) is 7.82. The van der Waals surface area contributed by atoms with Crippen molar-refractivity contribution in [1.82, 2.24) is 0 Å². The van der Waals surface area contributed by atoms with Crippen LogP contribution in [-0.4, -0.2) is 17.3 Å². The van der Waals surface area contributed by atoms with Crippen LogP contribution >= 0.6 is 24.4 Å². The lowest BCUT2D eigenvalue weighted by Crippen LogP contribution is -2.03. The van der Waals surface area contributed by atoms with E-state index in [0.717, 1.165) is 17.6 Å². The minimum Gasteiger partial charge on any atom is -0.179 e. The third-order valence-corrected chi connectivity index (χ3v) is 4.05. The number of thiol groups is 1. The van der Waals surface area contributed by atoms with Gasteiger partial charge in [-0.3, -0.25) is 0 Å². The monoisotopic (exact) mass is 192 g/mol. The Hall–Kier alpha value is 0.700. The number of hydrogen-bond donors (Lipinski definition) is 1. The topological polar surface area (TPSA) is 0 Å². The van der Waals surface area contributed by atoms with Crippen LogP contribution in [0.5, 0.6) is 0 Å². The molecular weight excluding hydrogens is 172 g/mol. The van der Waals surface area contributed by atoms with Gasteiger partial charge in [0.25, 0.3) is 0 Å². The van der Waals surface area contributed by atoms with Gasteiger partial charge in [-0.1, -0.05) is 27.2 Å². The maximum absolute atomic E-state index is 4.25. The lowest BCUT2D eigenvalue weighted by molar-refractivity contribution is 0.635. The lowest BCUT2D eigenvalue weighted by atomic mass is 10.2. The molecule has 2 heteroatoms. The highest BCUT2D eigenvalue weighted by atomic mass is 32.2. The molecule has 0 radical (unpaired) electrons. The zero-order valence-electron chi connectivity index (χ0n) is 7.84. The quantitative estimate of drug-likeness (QED) is 0.630. The summed E-state index contributed by atoms with van der Waals surface area (Å²) >= 11 is 6.32. The van der Waals surface area contributed by atoms with E-state index in [1.165, 1.54) is 17.9 Å². The fourth-order valence-corrected chi connectivity index (χ4v) is 2.24. The Labute approximate surface area is 80.9 Å². The first kappa shape index (κ1) is 11.7. The first-order chi connectivity index (χ1) is 5.20. The van der Waals surface area contributed by atoms with E-state index >= 15 is 0 Å². The summed E-state index contributed by atoms with van der Waals surface area (Å²) in [6, 6.07) is 0. The normalized spacial score (nSPS) is 16.4. The fraction of sp³-hybridized carbons (Fsp3) is 1.00. The van der Waals surface area contributed by atoms with E-state index in [1.54, 1.807) is 0 Å². The van der Waals surface area contributed by atoms with Crippen molar-refractivity contribution in [2.24, 2.45) is 11.8 Å². The van der Waals surface area contributed by atoms with E-state index in [-0.39, 0.29) is 0 Å². The molecule has 68 valence electrons. The molecule has 0 bridgehead atoms. The molecule has 0 N–H and O–H groups in total. The molecule has 0 amide bonds. The summed E-state index contributed by atoms with van der Waals surface area (Å²) in [5, 5.41) is 0. The summed E-state index contributed by atoms with van der Waals surface area (Å²) in [6.45, 7) is 6.84. The SMILES string of the molecule is CCC(C)CSCC(C)CS. The van der Waals surface area contributed by atoms with Gasteiger partial charge < -0.3 is 0 Å². The van der Waals surface area contributed by atoms with Crippen LogP contribution in [-0.2, 0) is 0 Å². The molecule has 0 aromatic heterocycles. The third-order valence-electron chi connectivity index (χ3n) is 1.81. The highest BCUT2D eigenvalue weighted by molar-refractivity contribution is 7.99. The Morgan fingerprint density at radius 2 is 1.73 bits per heavy atom. The van der Waals surface area contributed by atoms with Gasteiger partial charge in [0.05, 0.1) is 0 Å². The number of thioether (sulfide) groups is 1. The molecule has 0 saturated carbocycles. The zero-order valence-corrected chi connectivity index (χ0v) is 9.55. The lowest BCUT2D eigenvalue weighted by Gasteiger charge is -2.10. The van der Waals surface area contributed by atoms with Crippen LogP contribution in [0.3, 0.4) is 0 Å². The molecule has 0 aliphatic rings. The molecule has 0 heterocycles. The molecular formula is C9H20S2. The Morgan fingerprint density at radius 3 is 2.18 bits per heavy atom. The largest absolute Gasteiger partial charge is 0.179 e. The predicted octanol–water partition coefficient (Wildman–Crippen LogP) is 3.33. The van der Waals surface area contributed by atoms with Crippen LogP contribution in [0.15, 0.2) is 0 Å². The molecule has 0 aliphatic heterocycles. The van der Waals surface area contributed by atoms with Crippen molar-refractivity contribution in [2.75, 3.05) is 17.3 Å². The maximum Gasteiger partial charge on any atom is -0.00339 e. The van der Waals surface area contributed by atoms with E-state index in [4.69, 9.17) is 0 Å². The summed E-state index contributed by atoms with van der Waals surface area (Å²) in [6.07, 6.45) is 1.31. The van der Waals surface area contributed by atoms with Crippen molar-refractivity contribution >= 4 is 24.4 Å². The van der Waals surface area contributed by atoms with Crippen LogP contribution in [0.1, 0.15) is 27.2 Å². The van der Waals surface area contributed by atoms with Crippen molar-refractivity contribution in [3.05, 3.63) is 0 Å². The fourth-order valence-electron chi connectivity index (χ4n) is 0.641. The van der Waals surface area contributed by atoms with Gasteiger partial charge >= 0.3 is 0 Å². The summed E-state index contributed by atoms with van der Waals surface area (Å²) in [5.74, 6) is 5.26. The molecule has 2 unspecified atom stereocenters. The highest BCUT2D eigenvalue weighted by Crippen LogP contribution is 2.14. The summed E-state index contributed by atoms with van der Waals surface area (Å²) in [4.78, 5) is 0. The minimum atomic E-state index is 0.771. The highest BCUT2D eigenvalue weighted by Gasteiger charge is 2.01. The molecule has 11 heavy (non-hydrogen) atoms. The van der Waals surface area contributed by atoms with E-state index < -0.39 is 0 Å². The van der Waals surface area contributed by atoms with E-state index in [0.29, 0.717) is 0 Å². The van der Waals surface area contributed by atoms with Crippen molar-refractivity contribution in [3.8, 4) is 0 Å². The van der Waals surface area contributed by atoms with Gasteiger partial charge in [-0.15, -0.1) is 0 Å². The molecule has 0 aromatic rings. The Balaban J connectivity index is 3.13. The maximum atomic E-state index is 4.25. The van der Waals surface area contributed by atoms with Crippen LogP contribution in [0.4, 0.5) is 0 Å². The molecule has 0 nitrogen and oxygen atoms in total. The van der Waals surface area contributed by atoms with Crippen LogP contribution in [0.2, 0.25) is 0 Å². The van der Waals surface area contributed by atoms with Crippen molar-refractivity contribution in [3.63, 3.8) is 0 Å². The molecule has 0 saturated heterocycles. The van der Waals surface area contributed by atoms with E-state index in [9.17, 15) is 0 Å². The predicted molar refractivity (Wildman–Crippen MR) is 59.8 cm³/mol. The molecule has 0 aromatic carbocycles. The first-order valence-corrected chi connectivity index (χ1v) is 6.18. The van der Waals surface area contributed by atoms with Crippen molar-refractivity contribution in [1.29, 1.82) is 0 Å². The molecule has 0 aliphatic carbocycles. The molecule has 0 rings (SSSR count). The summed E-state index contributed by atoms with van der Waals surface area (Å²) < 4.78 is 0. The second-order valence-electron chi connectivity index (χ2n) is 3.34. The van der Waals surface area contributed by atoms with E-state index in [2.05, 4.69) is 45.2 Å². The summed E-state index contributed by atoms with van der Waals surface area (Å²) in [5.41, 5.74) is 0. The molecule has 0 spiro atoms. The van der Waals surface area contributed by atoms with Gasteiger partial charge in [-0.05, 0) is 29.1 Å². The first-order valence-electron chi connectivity index (χ1n) is 4.39. The summed E-state index contributed by atoms with van der Waals surface area (Å²) in [7, 11) is 0. The standard InChI is InChI=1S/C9H20S2/c1-4-8(2)6-11-7-9(3)5-10/h8-10H,4-7H2,1-3H3. The van der Waals surface area contributed by atoms with Gasteiger partial charge in [0.1, 0.15) is 0 Å². The second kappa shape index (κ2) is 7.35. The average Bonchev–Trinajstić information content (AvgIpc) is 2.04. The van der Waals surface area contributed by atoms with Gasteiger partial charge in [0, 0.05) is 0 Å². The molecule has 2 atom stereocenters. The number of rotatable bonds is 6. The van der Waals surface area contributed by atoms with Gasteiger partial charge in [0.2, 0.25) is 0 Å². The van der Waals surface area contributed by atoms with Gasteiger partial charge in [-0.2, -0.15) is 24.4 Å². The Bertz CT molecular complexity index is 73.6. The second-order valence-corrected chi connectivity index (χ2v) is 4.78. The third kappa shape index (κ3) is 7.07. The minimum absolute atomic E-state index is 0.771. The average molecular weight is 192 g/mol.